The Morgan fingerprint density at radius 2 is 1.66 bits per heavy atom. The van der Waals surface area contributed by atoms with Crippen molar-refractivity contribution in [2.24, 2.45) is 5.92 Å². The number of urea groups is 1. The maximum absolute atomic E-state index is 13.4. The number of methoxy groups -OCH3 is 1. The lowest BCUT2D eigenvalue weighted by Crippen LogP contribution is -2.53. The lowest BCUT2D eigenvalue weighted by molar-refractivity contribution is -0.144. The van der Waals surface area contributed by atoms with Gasteiger partial charge in [-0.25, -0.2) is 4.79 Å². The zero-order valence-corrected chi connectivity index (χ0v) is 20.4. The van der Waals surface area contributed by atoms with E-state index in [0.717, 1.165) is 84.1 Å². The van der Waals surface area contributed by atoms with Crippen LogP contribution < -0.4 is 0 Å². The molecule has 1 saturated carbocycles. The molecule has 2 fully saturated rings. The molecule has 1 saturated heterocycles. The molecule has 8 nitrogen and oxygen atoms in total. The number of hydrogen-bond acceptors (Lipinski definition) is 6. The van der Waals surface area contributed by atoms with Gasteiger partial charge >= 0.3 is 18.0 Å². The van der Waals surface area contributed by atoms with Gasteiger partial charge < -0.3 is 24.2 Å². The minimum absolute atomic E-state index is 0.112. The van der Waals surface area contributed by atoms with Gasteiger partial charge in [-0.3, -0.25) is 9.59 Å². The van der Waals surface area contributed by atoms with Crippen molar-refractivity contribution < 1.29 is 23.9 Å². The molecule has 0 radical (unpaired) electrons. The van der Waals surface area contributed by atoms with Crippen molar-refractivity contribution in [1.29, 1.82) is 0 Å². The lowest BCUT2D eigenvalue weighted by Gasteiger charge is -2.44. The molecule has 32 heavy (non-hydrogen) atoms. The van der Waals surface area contributed by atoms with Gasteiger partial charge in [0.25, 0.3) is 0 Å². The fraction of sp³-hybridized carbons (Fsp3) is 0.875. The molecule has 2 rings (SSSR count). The van der Waals surface area contributed by atoms with Crippen LogP contribution in [0.25, 0.3) is 0 Å². The second kappa shape index (κ2) is 14.3. The highest BCUT2D eigenvalue weighted by Crippen LogP contribution is 2.35. The van der Waals surface area contributed by atoms with E-state index in [2.05, 4.69) is 16.8 Å². The zero-order chi connectivity index (χ0) is 23.3. The molecule has 0 aromatic heterocycles. The Morgan fingerprint density at radius 3 is 2.38 bits per heavy atom. The third kappa shape index (κ3) is 8.96. The molecule has 0 bridgehead atoms. The van der Waals surface area contributed by atoms with Gasteiger partial charge in [0, 0.05) is 45.1 Å². The monoisotopic (exact) mass is 453 g/mol. The molecule has 2 amide bonds. The Bertz CT molecular complexity index is 594. The first kappa shape index (κ1) is 26.4. The van der Waals surface area contributed by atoms with Crippen LogP contribution in [0.2, 0.25) is 0 Å². The third-order valence-electron chi connectivity index (χ3n) is 6.66. The third-order valence-corrected chi connectivity index (χ3v) is 6.66. The largest absolute Gasteiger partial charge is 0.469 e. The van der Waals surface area contributed by atoms with Crippen LogP contribution in [0.15, 0.2) is 0 Å². The van der Waals surface area contributed by atoms with Crippen molar-refractivity contribution in [2.75, 3.05) is 53.5 Å². The number of esters is 2. The van der Waals surface area contributed by atoms with E-state index < -0.39 is 0 Å². The second-order valence-corrected chi connectivity index (χ2v) is 9.21. The van der Waals surface area contributed by atoms with E-state index in [1.165, 1.54) is 7.11 Å². The molecular formula is C24H43N3O5. The van der Waals surface area contributed by atoms with Gasteiger partial charge in [-0.15, -0.1) is 0 Å². The van der Waals surface area contributed by atoms with E-state index in [-0.39, 0.29) is 24.0 Å². The summed E-state index contributed by atoms with van der Waals surface area (Å²) in [4.78, 5) is 42.7. The van der Waals surface area contributed by atoms with Gasteiger partial charge in [0.05, 0.1) is 13.7 Å². The van der Waals surface area contributed by atoms with Crippen molar-refractivity contribution >= 4 is 18.0 Å². The van der Waals surface area contributed by atoms with Gasteiger partial charge in [0.1, 0.15) is 0 Å². The zero-order valence-electron chi connectivity index (χ0n) is 20.4. The summed E-state index contributed by atoms with van der Waals surface area (Å²) in [5, 5.41) is 0. The van der Waals surface area contributed by atoms with Gasteiger partial charge in [0.15, 0.2) is 0 Å². The van der Waals surface area contributed by atoms with Gasteiger partial charge in [-0.2, -0.15) is 0 Å². The topological polar surface area (TPSA) is 79.4 Å². The lowest BCUT2D eigenvalue weighted by atomic mass is 9.77. The van der Waals surface area contributed by atoms with Crippen molar-refractivity contribution in [3.8, 4) is 0 Å². The van der Waals surface area contributed by atoms with E-state index in [1.807, 2.05) is 11.8 Å². The maximum atomic E-state index is 13.4. The van der Waals surface area contributed by atoms with Crippen LogP contribution in [-0.2, 0) is 19.1 Å². The molecule has 0 aromatic carbocycles. The molecule has 184 valence electrons. The highest BCUT2D eigenvalue weighted by atomic mass is 16.5. The van der Waals surface area contributed by atoms with Crippen molar-refractivity contribution in [1.82, 2.24) is 14.7 Å². The maximum Gasteiger partial charge on any atom is 0.320 e. The molecule has 0 atom stereocenters. The first-order chi connectivity index (χ1) is 15.4. The first-order valence-electron chi connectivity index (χ1n) is 12.4. The number of unbranched alkanes of at least 4 members (excludes halogenated alkanes) is 4. The summed E-state index contributed by atoms with van der Waals surface area (Å²) in [5.41, 5.74) is 0. The molecule has 0 aromatic rings. The van der Waals surface area contributed by atoms with E-state index in [0.29, 0.717) is 25.4 Å². The molecule has 2 aliphatic rings. The average Bonchev–Trinajstić information content (AvgIpc) is 2.97. The number of ether oxygens (including phenoxy) is 2. The number of likely N-dealkylation sites (N-methyl/N-ethyl adjacent to an activating group) is 1. The molecule has 0 N–H and O–H groups in total. The van der Waals surface area contributed by atoms with Gasteiger partial charge in [0.2, 0.25) is 0 Å². The highest BCUT2D eigenvalue weighted by molar-refractivity contribution is 5.75. The number of nitrogens with zero attached hydrogens (tertiary/aromatic N) is 3. The Kier molecular flexibility index (Phi) is 11.8. The van der Waals surface area contributed by atoms with E-state index in [4.69, 9.17) is 9.47 Å². The number of carbonyl (C=O) groups is 3. The summed E-state index contributed by atoms with van der Waals surface area (Å²) in [6.45, 7) is 6.56. The summed E-state index contributed by atoms with van der Waals surface area (Å²) in [5.74, 6) is 0.0458. The fourth-order valence-corrected chi connectivity index (χ4v) is 4.61. The van der Waals surface area contributed by atoms with Crippen LogP contribution >= 0.6 is 0 Å². The van der Waals surface area contributed by atoms with E-state index >= 15 is 0 Å². The summed E-state index contributed by atoms with van der Waals surface area (Å²) in [6, 6.07) is 0.381. The van der Waals surface area contributed by atoms with Gasteiger partial charge in [-0.1, -0.05) is 19.3 Å². The number of hydrogen-bond donors (Lipinski definition) is 0. The molecule has 1 heterocycles. The molecule has 1 aliphatic carbocycles. The SMILES string of the molecule is CCOC(=O)CCCCCCCN(C(=O)N1CCCN(C)CC1)C1CC(CC(=O)OC)C1. The Hall–Kier alpha value is -1.83. The molecule has 0 unspecified atom stereocenters. The predicted molar refractivity (Wildman–Crippen MR) is 123 cm³/mol. The van der Waals surface area contributed by atoms with Crippen molar-refractivity contribution in [3.05, 3.63) is 0 Å². The average molecular weight is 454 g/mol. The predicted octanol–water partition coefficient (Wildman–Crippen LogP) is 3.29. The highest BCUT2D eigenvalue weighted by Gasteiger charge is 2.38. The van der Waals surface area contributed by atoms with Crippen molar-refractivity contribution in [3.63, 3.8) is 0 Å². The van der Waals surface area contributed by atoms with Crippen LogP contribution in [0.5, 0.6) is 0 Å². The van der Waals surface area contributed by atoms with Crippen LogP contribution in [0.4, 0.5) is 4.79 Å². The van der Waals surface area contributed by atoms with E-state index in [1.54, 1.807) is 0 Å². The van der Waals surface area contributed by atoms with Gasteiger partial charge in [-0.05, 0) is 58.5 Å². The Morgan fingerprint density at radius 1 is 0.938 bits per heavy atom. The van der Waals surface area contributed by atoms with E-state index in [9.17, 15) is 14.4 Å². The second-order valence-electron chi connectivity index (χ2n) is 9.21. The Balaban J connectivity index is 1.79. The fourth-order valence-electron chi connectivity index (χ4n) is 4.61. The van der Waals surface area contributed by atoms with Crippen LogP contribution in [-0.4, -0.2) is 92.2 Å². The number of amides is 2. The van der Waals surface area contributed by atoms with Crippen LogP contribution in [0.3, 0.4) is 0 Å². The summed E-state index contributed by atoms with van der Waals surface area (Å²) in [7, 11) is 3.54. The summed E-state index contributed by atoms with van der Waals surface area (Å²) >= 11 is 0. The molecular weight excluding hydrogens is 410 g/mol. The Labute approximate surface area is 193 Å². The standard InChI is InChI=1S/C24H43N3O5/c1-4-32-22(28)11-8-6-5-7-9-14-27(21-17-20(18-21)19-23(29)31-3)24(30)26-13-10-12-25(2)15-16-26/h20-21H,4-19H2,1-3H3. The van der Waals surface area contributed by atoms with Crippen LogP contribution in [0.1, 0.15) is 71.1 Å². The summed E-state index contributed by atoms with van der Waals surface area (Å²) in [6.07, 6.45) is 8.66. The smallest absolute Gasteiger partial charge is 0.320 e. The molecule has 1 aliphatic heterocycles. The number of rotatable bonds is 12. The molecule has 8 heteroatoms. The quantitative estimate of drug-likeness (QED) is 0.333. The first-order valence-corrected chi connectivity index (χ1v) is 12.4. The summed E-state index contributed by atoms with van der Waals surface area (Å²) < 4.78 is 9.76. The molecule has 0 spiro atoms. The van der Waals surface area contributed by atoms with Crippen molar-refractivity contribution in [2.45, 2.75) is 77.2 Å². The number of carbonyl (C=O) groups excluding carboxylic acids is 3. The van der Waals surface area contributed by atoms with Crippen LogP contribution in [0, 0.1) is 5.92 Å². The minimum Gasteiger partial charge on any atom is -0.469 e. The minimum atomic E-state index is -0.162. The normalized spacial score (nSPS) is 21.4.